The summed E-state index contributed by atoms with van der Waals surface area (Å²) in [7, 11) is 0. The predicted molar refractivity (Wildman–Crippen MR) is 309 cm³/mol. The Morgan fingerprint density at radius 1 is 0.411 bits per heavy atom. The Morgan fingerprint density at radius 2 is 0.685 bits per heavy atom. The summed E-state index contributed by atoms with van der Waals surface area (Å²) in [5.74, 6) is -0.137. The van der Waals surface area contributed by atoms with Gasteiger partial charge in [-0.25, -0.2) is 0 Å². The van der Waals surface area contributed by atoms with Gasteiger partial charge in [-0.1, -0.05) is 328 Å². The molecule has 1 aliphatic rings. The van der Waals surface area contributed by atoms with Gasteiger partial charge in [-0.05, 0) is 12.8 Å². The molecule has 0 spiro atoms. The number of rotatable bonds is 58. The van der Waals surface area contributed by atoms with Crippen molar-refractivity contribution in [2.75, 3.05) is 13.2 Å². The van der Waals surface area contributed by atoms with Crippen molar-refractivity contribution in [3.8, 4) is 0 Å². The van der Waals surface area contributed by atoms with Gasteiger partial charge >= 0.3 is 0 Å². The number of hydrogen-bond acceptors (Lipinski definition) is 8. The van der Waals surface area contributed by atoms with E-state index in [0.29, 0.717) is 12.8 Å². The molecule has 436 valence electrons. The van der Waals surface area contributed by atoms with E-state index in [1.807, 2.05) is 0 Å². The third-order valence-electron chi connectivity index (χ3n) is 16.2. The number of amides is 1. The molecule has 1 saturated heterocycles. The van der Waals surface area contributed by atoms with E-state index in [0.717, 1.165) is 38.5 Å². The van der Waals surface area contributed by atoms with Gasteiger partial charge in [0, 0.05) is 6.42 Å². The molecule has 0 saturated carbocycles. The quantitative estimate of drug-likeness (QED) is 0.0330. The van der Waals surface area contributed by atoms with Gasteiger partial charge in [0.15, 0.2) is 6.29 Å². The molecule has 7 unspecified atom stereocenters. The van der Waals surface area contributed by atoms with E-state index in [4.69, 9.17) is 9.47 Å². The van der Waals surface area contributed by atoms with Gasteiger partial charge in [0.25, 0.3) is 0 Å². The van der Waals surface area contributed by atoms with Crippen LogP contribution in [0, 0.1) is 0 Å². The number of carbonyl (C=O) groups is 1. The van der Waals surface area contributed by atoms with E-state index in [2.05, 4.69) is 19.2 Å². The molecular formula is C64H127NO8. The number of ether oxygens (including phenoxy) is 2. The molecule has 0 bridgehead atoms. The molecule has 9 nitrogen and oxygen atoms in total. The molecule has 7 atom stereocenters. The number of aliphatic hydroxyl groups is 5. The van der Waals surface area contributed by atoms with E-state index in [1.54, 1.807) is 0 Å². The predicted octanol–water partition coefficient (Wildman–Crippen LogP) is 17.0. The highest BCUT2D eigenvalue weighted by molar-refractivity contribution is 5.76. The summed E-state index contributed by atoms with van der Waals surface area (Å²) >= 11 is 0. The summed E-state index contributed by atoms with van der Waals surface area (Å²) in [5.41, 5.74) is 0. The van der Waals surface area contributed by atoms with Crippen LogP contribution in [0.25, 0.3) is 0 Å². The minimum Gasteiger partial charge on any atom is -0.394 e. The normalized spacial score (nSPS) is 18.9. The Bertz CT molecular complexity index is 1110. The van der Waals surface area contributed by atoms with Crippen molar-refractivity contribution >= 4 is 5.91 Å². The van der Waals surface area contributed by atoms with Gasteiger partial charge in [0.1, 0.15) is 24.4 Å². The lowest BCUT2D eigenvalue weighted by molar-refractivity contribution is -0.302. The van der Waals surface area contributed by atoms with Crippen molar-refractivity contribution in [1.29, 1.82) is 0 Å². The summed E-state index contributed by atoms with van der Waals surface area (Å²) in [4.78, 5) is 13.1. The second-order valence-corrected chi connectivity index (χ2v) is 23.3. The highest BCUT2D eigenvalue weighted by atomic mass is 16.7. The van der Waals surface area contributed by atoms with Crippen LogP contribution in [0.5, 0.6) is 0 Å². The van der Waals surface area contributed by atoms with Crippen molar-refractivity contribution in [3.63, 3.8) is 0 Å². The Labute approximate surface area is 453 Å². The Hall–Kier alpha value is -0.810. The van der Waals surface area contributed by atoms with Gasteiger partial charge in [0.2, 0.25) is 5.91 Å². The lowest BCUT2D eigenvalue weighted by Crippen LogP contribution is -2.60. The molecule has 1 amide bonds. The van der Waals surface area contributed by atoms with E-state index < -0.39 is 49.5 Å². The summed E-state index contributed by atoms with van der Waals surface area (Å²) in [6, 6.07) is -0.713. The zero-order valence-electron chi connectivity index (χ0n) is 48.7. The number of hydrogen-bond donors (Lipinski definition) is 6. The Balaban J connectivity index is 1.99. The van der Waals surface area contributed by atoms with Crippen molar-refractivity contribution < 1.29 is 39.8 Å². The first-order chi connectivity index (χ1) is 35.8. The zero-order chi connectivity index (χ0) is 52.9. The maximum atomic E-state index is 13.1. The molecule has 1 fully saturated rings. The van der Waals surface area contributed by atoms with Crippen molar-refractivity contribution in [3.05, 3.63) is 0 Å². The largest absolute Gasteiger partial charge is 0.394 e. The maximum Gasteiger partial charge on any atom is 0.220 e. The molecule has 73 heavy (non-hydrogen) atoms. The first-order valence-corrected chi connectivity index (χ1v) is 32.7. The van der Waals surface area contributed by atoms with Crippen LogP contribution in [0.1, 0.15) is 348 Å². The van der Waals surface area contributed by atoms with E-state index in [9.17, 15) is 30.3 Å². The van der Waals surface area contributed by atoms with Gasteiger partial charge in [-0.2, -0.15) is 0 Å². The monoisotopic (exact) mass is 1040 g/mol. The molecule has 9 heteroatoms. The van der Waals surface area contributed by atoms with Gasteiger partial charge in [-0.3, -0.25) is 4.79 Å². The average Bonchev–Trinajstić information content (AvgIpc) is 3.39. The van der Waals surface area contributed by atoms with E-state index in [1.165, 1.54) is 283 Å². The fourth-order valence-electron chi connectivity index (χ4n) is 11.0. The fourth-order valence-corrected chi connectivity index (χ4v) is 11.0. The lowest BCUT2D eigenvalue weighted by atomic mass is 9.99. The van der Waals surface area contributed by atoms with E-state index >= 15 is 0 Å². The molecule has 0 aromatic carbocycles. The van der Waals surface area contributed by atoms with Crippen LogP contribution in [0.4, 0.5) is 0 Å². The van der Waals surface area contributed by atoms with Crippen LogP contribution in [-0.4, -0.2) is 87.5 Å². The Kier molecular flexibility index (Phi) is 52.5. The molecule has 1 aliphatic heterocycles. The number of unbranched alkanes of at least 4 members (excludes halogenated alkanes) is 48. The third-order valence-corrected chi connectivity index (χ3v) is 16.2. The highest BCUT2D eigenvalue weighted by Gasteiger charge is 2.44. The zero-order valence-corrected chi connectivity index (χ0v) is 48.7. The van der Waals surface area contributed by atoms with Gasteiger partial charge in [-0.15, -0.1) is 0 Å². The van der Waals surface area contributed by atoms with Crippen LogP contribution in [0.3, 0.4) is 0 Å². The van der Waals surface area contributed by atoms with Crippen LogP contribution in [0.15, 0.2) is 0 Å². The molecule has 0 radical (unpaired) electrons. The minimum absolute atomic E-state index is 0.131. The maximum absolute atomic E-state index is 13.1. The van der Waals surface area contributed by atoms with Gasteiger partial charge < -0.3 is 40.3 Å². The second-order valence-electron chi connectivity index (χ2n) is 23.3. The number of aliphatic hydroxyl groups excluding tert-OH is 5. The van der Waals surface area contributed by atoms with Crippen LogP contribution < -0.4 is 5.32 Å². The fraction of sp³-hybridized carbons (Fsp3) is 0.984. The van der Waals surface area contributed by atoms with Crippen molar-refractivity contribution in [2.45, 2.75) is 391 Å². The van der Waals surface area contributed by atoms with Crippen molar-refractivity contribution in [2.24, 2.45) is 0 Å². The SMILES string of the molecule is CCCCCCCCCCCCCCCCCCCCCCCCCCCCCCCCCCCCCCCCC(=O)NC(COC1OC(CO)C(O)C(O)C1O)C(O)CCCCCCCCCCCCCC. The standard InChI is InChI=1S/C64H127NO8/c1-3-5-7-9-11-13-15-17-18-19-20-21-22-23-24-25-26-27-28-29-30-31-32-33-34-35-36-37-38-39-40-41-42-44-46-48-50-52-54-60(68)65-57(56-72-64-63(71)62(70)61(69)59(55-66)73-64)58(67)53-51-49-47-45-43-16-14-12-10-8-6-4-2/h57-59,61-64,66-67,69-71H,3-56H2,1-2H3,(H,65,68). The molecule has 0 aromatic rings. The molecular weight excluding hydrogens is 911 g/mol. The smallest absolute Gasteiger partial charge is 0.220 e. The second kappa shape index (κ2) is 54.5. The van der Waals surface area contributed by atoms with Crippen molar-refractivity contribution in [1.82, 2.24) is 5.32 Å². The first-order valence-electron chi connectivity index (χ1n) is 32.7. The van der Waals surface area contributed by atoms with Gasteiger partial charge in [0.05, 0.1) is 25.4 Å². The van der Waals surface area contributed by atoms with Crippen LogP contribution in [0.2, 0.25) is 0 Å². The highest BCUT2D eigenvalue weighted by Crippen LogP contribution is 2.24. The molecule has 6 N–H and O–H groups in total. The third kappa shape index (κ3) is 43.8. The molecule has 0 aromatic heterocycles. The van der Waals surface area contributed by atoms with E-state index in [-0.39, 0.29) is 12.5 Å². The molecule has 1 heterocycles. The Morgan fingerprint density at radius 3 is 0.973 bits per heavy atom. The summed E-state index contributed by atoms with van der Waals surface area (Å²) in [6.07, 6.45) is 60.5. The molecule has 1 rings (SSSR count). The average molecular weight is 1040 g/mol. The number of nitrogens with one attached hydrogen (secondary N) is 1. The number of carbonyl (C=O) groups excluding carboxylic acids is 1. The summed E-state index contributed by atoms with van der Waals surface area (Å²) < 4.78 is 11.3. The lowest BCUT2D eigenvalue weighted by Gasteiger charge is -2.40. The first kappa shape index (κ1) is 70.2. The molecule has 0 aliphatic carbocycles. The summed E-state index contributed by atoms with van der Waals surface area (Å²) in [6.45, 7) is 3.87. The van der Waals surface area contributed by atoms with Crippen LogP contribution in [-0.2, 0) is 14.3 Å². The topological polar surface area (TPSA) is 149 Å². The minimum atomic E-state index is -1.55. The van der Waals surface area contributed by atoms with Crippen LogP contribution >= 0.6 is 0 Å². The summed E-state index contributed by atoms with van der Waals surface area (Å²) in [5, 5.41) is 54.6.